The number of amides is 1. The number of rotatable bonds is 2. The van der Waals surface area contributed by atoms with Gasteiger partial charge in [-0.15, -0.1) is 0 Å². The highest BCUT2D eigenvalue weighted by Gasteiger charge is 2.28. The SMILES string of the molecule is O=C(c1ccc(Cl)cn1)N1CCN(C2CCNC2)CC1. The summed E-state index contributed by atoms with van der Waals surface area (Å²) in [6, 6.07) is 4.04. The Bertz CT molecular complexity index is 465. The first-order valence-corrected chi connectivity index (χ1v) is 7.47. The van der Waals surface area contributed by atoms with Crippen LogP contribution >= 0.6 is 11.6 Å². The van der Waals surface area contributed by atoms with Crippen molar-refractivity contribution in [3.63, 3.8) is 0 Å². The summed E-state index contributed by atoms with van der Waals surface area (Å²) in [4.78, 5) is 20.8. The fraction of sp³-hybridized carbons (Fsp3) is 0.571. The van der Waals surface area contributed by atoms with Crippen molar-refractivity contribution >= 4 is 17.5 Å². The van der Waals surface area contributed by atoms with E-state index in [-0.39, 0.29) is 5.91 Å². The minimum atomic E-state index is 0.00543. The summed E-state index contributed by atoms with van der Waals surface area (Å²) >= 11 is 5.79. The average molecular weight is 295 g/mol. The first-order chi connectivity index (χ1) is 9.74. The van der Waals surface area contributed by atoms with E-state index < -0.39 is 0 Å². The number of halogens is 1. The molecule has 0 aromatic carbocycles. The number of nitrogens with zero attached hydrogens (tertiary/aromatic N) is 3. The number of nitrogens with one attached hydrogen (secondary N) is 1. The van der Waals surface area contributed by atoms with Gasteiger partial charge >= 0.3 is 0 Å². The summed E-state index contributed by atoms with van der Waals surface area (Å²) in [5.41, 5.74) is 0.477. The Kier molecular flexibility index (Phi) is 4.19. The quantitative estimate of drug-likeness (QED) is 0.879. The molecular weight excluding hydrogens is 276 g/mol. The molecule has 0 aliphatic carbocycles. The zero-order valence-corrected chi connectivity index (χ0v) is 12.1. The van der Waals surface area contributed by atoms with E-state index in [0.717, 1.165) is 39.3 Å². The molecule has 1 aromatic heterocycles. The van der Waals surface area contributed by atoms with E-state index in [1.165, 1.54) is 12.6 Å². The van der Waals surface area contributed by atoms with Crippen molar-refractivity contribution in [2.75, 3.05) is 39.3 Å². The number of carbonyl (C=O) groups is 1. The highest BCUT2D eigenvalue weighted by atomic mass is 35.5. The summed E-state index contributed by atoms with van der Waals surface area (Å²) in [5.74, 6) is 0.00543. The van der Waals surface area contributed by atoms with E-state index in [9.17, 15) is 4.79 Å². The predicted octanol–water partition coefficient (Wildman–Crippen LogP) is 0.855. The second-order valence-electron chi connectivity index (χ2n) is 5.34. The maximum Gasteiger partial charge on any atom is 0.272 e. The van der Waals surface area contributed by atoms with Crippen LogP contribution in [-0.2, 0) is 0 Å². The van der Waals surface area contributed by atoms with Crippen LogP contribution < -0.4 is 5.32 Å². The van der Waals surface area contributed by atoms with Gasteiger partial charge in [-0.25, -0.2) is 4.98 Å². The number of hydrogen-bond donors (Lipinski definition) is 1. The molecule has 1 amide bonds. The van der Waals surface area contributed by atoms with E-state index in [0.29, 0.717) is 16.8 Å². The van der Waals surface area contributed by atoms with Gasteiger partial charge in [0.25, 0.3) is 5.91 Å². The molecule has 0 spiro atoms. The molecule has 1 aromatic rings. The molecule has 2 saturated heterocycles. The Labute approximate surface area is 123 Å². The summed E-state index contributed by atoms with van der Waals surface area (Å²) in [7, 11) is 0. The Morgan fingerprint density at radius 2 is 2.10 bits per heavy atom. The normalized spacial score (nSPS) is 24.1. The Balaban J connectivity index is 1.57. The largest absolute Gasteiger partial charge is 0.335 e. The van der Waals surface area contributed by atoms with E-state index in [1.54, 1.807) is 12.1 Å². The van der Waals surface area contributed by atoms with Gasteiger partial charge in [0.15, 0.2) is 0 Å². The molecule has 1 N–H and O–H groups in total. The molecule has 6 heteroatoms. The van der Waals surface area contributed by atoms with Gasteiger partial charge in [-0.2, -0.15) is 0 Å². The topological polar surface area (TPSA) is 48.5 Å². The summed E-state index contributed by atoms with van der Waals surface area (Å²) < 4.78 is 0. The number of carbonyl (C=O) groups excluding carboxylic acids is 1. The molecule has 1 atom stereocenters. The van der Waals surface area contributed by atoms with E-state index >= 15 is 0 Å². The van der Waals surface area contributed by atoms with Crippen LogP contribution in [0.1, 0.15) is 16.9 Å². The molecule has 2 aliphatic heterocycles. The third kappa shape index (κ3) is 2.95. The van der Waals surface area contributed by atoms with Gasteiger partial charge in [0.05, 0.1) is 5.02 Å². The number of hydrogen-bond acceptors (Lipinski definition) is 4. The molecule has 3 heterocycles. The van der Waals surface area contributed by atoms with Crippen LogP contribution in [0.2, 0.25) is 5.02 Å². The molecule has 108 valence electrons. The summed E-state index contributed by atoms with van der Waals surface area (Å²) in [6.45, 7) is 5.64. The number of aromatic nitrogens is 1. The van der Waals surface area contributed by atoms with Crippen molar-refractivity contribution in [3.05, 3.63) is 29.0 Å². The maximum atomic E-state index is 12.3. The van der Waals surface area contributed by atoms with Crippen LogP contribution in [0.4, 0.5) is 0 Å². The second-order valence-corrected chi connectivity index (χ2v) is 5.77. The lowest BCUT2D eigenvalue weighted by molar-refractivity contribution is 0.0578. The first-order valence-electron chi connectivity index (χ1n) is 7.09. The van der Waals surface area contributed by atoms with Crippen molar-refractivity contribution < 1.29 is 4.79 Å². The van der Waals surface area contributed by atoms with Gasteiger partial charge in [-0.05, 0) is 25.1 Å². The van der Waals surface area contributed by atoms with Crippen molar-refractivity contribution in [2.45, 2.75) is 12.5 Å². The first kappa shape index (κ1) is 13.8. The van der Waals surface area contributed by atoms with Crippen LogP contribution in [0.25, 0.3) is 0 Å². The molecule has 0 saturated carbocycles. The van der Waals surface area contributed by atoms with E-state index in [2.05, 4.69) is 15.2 Å². The third-order valence-corrected chi connectivity index (χ3v) is 4.32. The molecule has 0 radical (unpaired) electrons. The minimum Gasteiger partial charge on any atom is -0.335 e. The fourth-order valence-corrected chi connectivity index (χ4v) is 3.02. The summed E-state index contributed by atoms with van der Waals surface area (Å²) in [5, 5.41) is 3.95. The molecule has 0 bridgehead atoms. The van der Waals surface area contributed by atoms with Crippen molar-refractivity contribution in [3.8, 4) is 0 Å². The molecular formula is C14H19ClN4O. The molecule has 20 heavy (non-hydrogen) atoms. The van der Waals surface area contributed by atoms with Crippen LogP contribution in [0.3, 0.4) is 0 Å². The van der Waals surface area contributed by atoms with Crippen LogP contribution in [0, 0.1) is 0 Å². The van der Waals surface area contributed by atoms with Crippen molar-refractivity contribution in [1.29, 1.82) is 0 Å². The Hall–Kier alpha value is -1.17. The van der Waals surface area contributed by atoms with Crippen molar-refractivity contribution in [1.82, 2.24) is 20.1 Å². The van der Waals surface area contributed by atoms with Gasteiger partial charge in [0.2, 0.25) is 0 Å². The lowest BCUT2D eigenvalue weighted by Crippen LogP contribution is -2.52. The highest BCUT2D eigenvalue weighted by Crippen LogP contribution is 2.14. The predicted molar refractivity (Wildman–Crippen MR) is 78.0 cm³/mol. The smallest absolute Gasteiger partial charge is 0.272 e. The Morgan fingerprint density at radius 3 is 2.70 bits per heavy atom. The average Bonchev–Trinajstić information content (AvgIpc) is 3.02. The minimum absolute atomic E-state index is 0.00543. The third-order valence-electron chi connectivity index (χ3n) is 4.10. The molecule has 3 rings (SSSR count). The van der Waals surface area contributed by atoms with Gasteiger partial charge < -0.3 is 10.2 Å². The van der Waals surface area contributed by atoms with Crippen LogP contribution in [0.15, 0.2) is 18.3 Å². The molecule has 2 fully saturated rings. The lowest BCUT2D eigenvalue weighted by Gasteiger charge is -2.37. The molecule has 1 unspecified atom stereocenters. The molecule has 2 aliphatic rings. The van der Waals surface area contributed by atoms with E-state index in [1.807, 2.05) is 4.90 Å². The monoisotopic (exact) mass is 294 g/mol. The fourth-order valence-electron chi connectivity index (χ4n) is 2.91. The lowest BCUT2D eigenvalue weighted by atomic mass is 10.2. The van der Waals surface area contributed by atoms with Gasteiger partial charge in [0, 0.05) is 45.0 Å². The van der Waals surface area contributed by atoms with Gasteiger partial charge in [0.1, 0.15) is 5.69 Å². The zero-order chi connectivity index (χ0) is 13.9. The van der Waals surface area contributed by atoms with Gasteiger partial charge in [-0.1, -0.05) is 11.6 Å². The Morgan fingerprint density at radius 1 is 1.30 bits per heavy atom. The summed E-state index contributed by atoms with van der Waals surface area (Å²) in [6.07, 6.45) is 2.74. The molecule has 5 nitrogen and oxygen atoms in total. The van der Waals surface area contributed by atoms with Gasteiger partial charge in [-0.3, -0.25) is 9.69 Å². The second kappa shape index (κ2) is 6.08. The van der Waals surface area contributed by atoms with Crippen LogP contribution in [-0.4, -0.2) is 66.0 Å². The van der Waals surface area contributed by atoms with E-state index in [4.69, 9.17) is 11.6 Å². The number of pyridine rings is 1. The zero-order valence-electron chi connectivity index (χ0n) is 11.4. The van der Waals surface area contributed by atoms with Crippen molar-refractivity contribution in [2.24, 2.45) is 0 Å². The van der Waals surface area contributed by atoms with Crippen LogP contribution in [0.5, 0.6) is 0 Å². The highest BCUT2D eigenvalue weighted by molar-refractivity contribution is 6.30. The number of piperazine rings is 1. The maximum absolute atomic E-state index is 12.3. The standard InChI is InChI=1S/C14H19ClN4O/c15-11-1-2-13(17-9-11)14(20)19-7-5-18(6-8-19)12-3-4-16-10-12/h1-2,9,12,16H,3-8,10H2.